The molecule has 1 aliphatic rings. The number of hydrogen-bond donors (Lipinski definition) is 1. The summed E-state index contributed by atoms with van der Waals surface area (Å²) in [6, 6.07) is 5.98. The lowest BCUT2D eigenvalue weighted by Crippen LogP contribution is -2.33. The Labute approximate surface area is 157 Å². The van der Waals surface area contributed by atoms with E-state index in [1.165, 1.54) is 23.9 Å². The molecule has 26 heavy (non-hydrogen) atoms. The number of aryl methyl sites for hydroxylation is 2. The van der Waals surface area contributed by atoms with E-state index in [9.17, 15) is 13.2 Å². The van der Waals surface area contributed by atoms with Crippen LogP contribution in [-0.4, -0.2) is 31.9 Å². The van der Waals surface area contributed by atoms with Gasteiger partial charge in [0.05, 0.1) is 19.3 Å². The first-order valence-corrected chi connectivity index (χ1v) is 10.2. The number of nitrogens with zero attached hydrogens (tertiary/aromatic N) is 2. The summed E-state index contributed by atoms with van der Waals surface area (Å²) in [5.74, 6) is 0.200. The third kappa shape index (κ3) is 4.08. The Balaban J connectivity index is 1.74. The lowest BCUT2D eigenvalue weighted by molar-refractivity contribution is 0.402. The molecule has 0 saturated carbocycles. The van der Waals surface area contributed by atoms with Crippen LogP contribution < -0.4 is 15.0 Å². The molecule has 140 valence electrons. The third-order valence-electron chi connectivity index (χ3n) is 4.30. The molecular formula is C17H20ClN3O4S. The van der Waals surface area contributed by atoms with Crippen molar-refractivity contribution >= 4 is 21.6 Å². The van der Waals surface area contributed by atoms with Gasteiger partial charge in [-0.2, -0.15) is 5.10 Å². The summed E-state index contributed by atoms with van der Waals surface area (Å²) in [4.78, 5) is 12.1. The van der Waals surface area contributed by atoms with Gasteiger partial charge in [0.15, 0.2) is 0 Å². The summed E-state index contributed by atoms with van der Waals surface area (Å²) < 4.78 is 33.9. The summed E-state index contributed by atoms with van der Waals surface area (Å²) in [5, 5.41) is 4.67. The van der Waals surface area contributed by atoms with E-state index in [1.807, 2.05) is 0 Å². The van der Waals surface area contributed by atoms with Crippen molar-refractivity contribution < 1.29 is 13.2 Å². The number of aromatic nitrogens is 2. The van der Waals surface area contributed by atoms with Crippen LogP contribution in [0, 0.1) is 0 Å². The highest BCUT2D eigenvalue weighted by atomic mass is 35.5. The Morgan fingerprint density at radius 3 is 2.81 bits per heavy atom. The predicted octanol–water partition coefficient (Wildman–Crippen LogP) is 1.76. The molecule has 7 nitrogen and oxygen atoms in total. The Kier molecular flexibility index (Phi) is 5.64. The summed E-state index contributed by atoms with van der Waals surface area (Å²) in [5.41, 5.74) is 1.71. The number of ether oxygens (including phenoxy) is 1. The molecule has 0 aliphatic heterocycles. The molecule has 1 N–H and O–H groups in total. The van der Waals surface area contributed by atoms with Gasteiger partial charge in [0.25, 0.3) is 5.56 Å². The van der Waals surface area contributed by atoms with Crippen LogP contribution in [-0.2, 0) is 29.4 Å². The largest absolute Gasteiger partial charge is 0.495 e. The fraction of sp³-hybridized carbons (Fsp3) is 0.412. The zero-order valence-corrected chi connectivity index (χ0v) is 15.9. The predicted molar refractivity (Wildman–Crippen MR) is 98.3 cm³/mol. The average molecular weight is 398 g/mol. The molecule has 0 radical (unpaired) electrons. The minimum atomic E-state index is -3.83. The van der Waals surface area contributed by atoms with Gasteiger partial charge in [-0.3, -0.25) is 4.79 Å². The average Bonchev–Trinajstić information content (AvgIpc) is 2.62. The van der Waals surface area contributed by atoms with Crippen LogP contribution in [0.3, 0.4) is 0 Å². The van der Waals surface area contributed by atoms with Crippen molar-refractivity contribution in [1.29, 1.82) is 0 Å². The van der Waals surface area contributed by atoms with Crippen molar-refractivity contribution in [3.63, 3.8) is 0 Å². The van der Waals surface area contributed by atoms with Gasteiger partial charge in [-0.05, 0) is 49.4 Å². The number of rotatable bonds is 6. The van der Waals surface area contributed by atoms with E-state index in [0.29, 0.717) is 5.02 Å². The summed E-state index contributed by atoms with van der Waals surface area (Å²) in [7, 11) is -2.44. The van der Waals surface area contributed by atoms with Gasteiger partial charge < -0.3 is 4.74 Å². The lowest BCUT2D eigenvalue weighted by Gasteiger charge is -2.16. The van der Waals surface area contributed by atoms with E-state index < -0.39 is 10.0 Å². The van der Waals surface area contributed by atoms with Crippen LogP contribution in [0.4, 0.5) is 0 Å². The Morgan fingerprint density at radius 2 is 2.04 bits per heavy atom. The normalized spacial score (nSPS) is 14.1. The molecule has 0 atom stereocenters. The number of hydrogen-bond acceptors (Lipinski definition) is 5. The molecule has 3 rings (SSSR count). The first-order valence-electron chi connectivity index (χ1n) is 8.34. The zero-order chi connectivity index (χ0) is 18.7. The smallest absolute Gasteiger partial charge is 0.267 e. The number of benzene rings is 1. The van der Waals surface area contributed by atoms with Gasteiger partial charge in [0.2, 0.25) is 10.0 Å². The Hall–Kier alpha value is -1.90. The molecule has 9 heteroatoms. The quantitative estimate of drug-likeness (QED) is 0.802. The molecule has 1 aromatic heterocycles. The number of halogens is 1. The fourth-order valence-corrected chi connectivity index (χ4v) is 4.44. The van der Waals surface area contributed by atoms with Gasteiger partial charge in [-0.25, -0.2) is 17.8 Å². The van der Waals surface area contributed by atoms with Crippen LogP contribution in [0.5, 0.6) is 5.75 Å². The van der Waals surface area contributed by atoms with Crippen LogP contribution in [0.1, 0.15) is 24.1 Å². The molecule has 0 fully saturated rings. The first kappa shape index (κ1) is 18.9. The topological polar surface area (TPSA) is 90.3 Å². The maximum atomic E-state index is 12.5. The molecule has 1 aromatic carbocycles. The van der Waals surface area contributed by atoms with Crippen molar-refractivity contribution in [2.24, 2.45) is 0 Å². The SMILES string of the molecule is COc1ccc(Cl)cc1S(=O)(=O)NCCn1nc2c(cc1=O)CCCC2. The second-order valence-corrected chi connectivity index (χ2v) is 8.25. The van der Waals surface area contributed by atoms with Crippen molar-refractivity contribution in [2.45, 2.75) is 37.1 Å². The second kappa shape index (κ2) is 7.77. The first-order chi connectivity index (χ1) is 12.4. The number of methoxy groups -OCH3 is 1. The van der Waals surface area contributed by atoms with E-state index in [1.54, 1.807) is 12.1 Å². The molecule has 0 bridgehead atoms. The maximum Gasteiger partial charge on any atom is 0.267 e. The highest BCUT2D eigenvalue weighted by molar-refractivity contribution is 7.89. The summed E-state index contributed by atoms with van der Waals surface area (Å²) in [6.07, 6.45) is 3.85. The van der Waals surface area contributed by atoms with E-state index in [0.717, 1.165) is 36.9 Å². The number of nitrogens with one attached hydrogen (secondary N) is 1. The molecular weight excluding hydrogens is 378 g/mol. The Morgan fingerprint density at radius 1 is 1.27 bits per heavy atom. The lowest BCUT2D eigenvalue weighted by atomic mass is 9.97. The van der Waals surface area contributed by atoms with Gasteiger partial charge in [0, 0.05) is 17.6 Å². The van der Waals surface area contributed by atoms with E-state index in [-0.39, 0.29) is 29.3 Å². The van der Waals surface area contributed by atoms with Gasteiger partial charge in [-0.15, -0.1) is 0 Å². The summed E-state index contributed by atoms with van der Waals surface area (Å²) >= 11 is 5.89. The molecule has 2 aromatic rings. The number of fused-ring (bicyclic) bond motifs is 1. The minimum Gasteiger partial charge on any atom is -0.495 e. The Bertz CT molecular complexity index is 972. The van der Waals surface area contributed by atoms with Gasteiger partial charge in [0.1, 0.15) is 10.6 Å². The van der Waals surface area contributed by atoms with E-state index in [2.05, 4.69) is 9.82 Å². The van der Waals surface area contributed by atoms with E-state index >= 15 is 0 Å². The van der Waals surface area contributed by atoms with Crippen LogP contribution in [0.15, 0.2) is 34.0 Å². The zero-order valence-electron chi connectivity index (χ0n) is 14.4. The minimum absolute atomic E-state index is 0.0314. The van der Waals surface area contributed by atoms with Crippen molar-refractivity contribution in [1.82, 2.24) is 14.5 Å². The molecule has 1 aliphatic carbocycles. The molecule has 0 amide bonds. The molecule has 0 unspecified atom stereocenters. The standard InChI is InChI=1S/C17H20ClN3O4S/c1-25-15-7-6-13(18)11-16(15)26(23,24)19-8-9-21-17(22)10-12-4-2-3-5-14(12)20-21/h6-7,10-11,19H,2-5,8-9H2,1H3. The fourth-order valence-electron chi connectivity index (χ4n) is 2.99. The van der Waals surface area contributed by atoms with Gasteiger partial charge >= 0.3 is 0 Å². The molecule has 1 heterocycles. The highest BCUT2D eigenvalue weighted by Gasteiger charge is 2.20. The highest BCUT2D eigenvalue weighted by Crippen LogP contribution is 2.26. The van der Waals surface area contributed by atoms with E-state index in [4.69, 9.17) is 16.3 Å². The van der Waals surface area contributed by atoms with Crippen molar-refractivity contribution in [3.05, 3.63) is 50.9 Å². The number of sulfonamides is 1. The van der Waals surface area contributed by atoms with Crippen molar-refractivity contribution in [3.8, 4) is 5.75 Å². The molecule has 0 spiro atoms. The van der Waals surface area contributed by atoms with Crippen LogP contribution in [0.25, 0.3) is 0 Å². The third-order valence-corrected chi connectivity index (χ3v) is 6.02. The monoisotopic (exact) mass is 397 g/mol. The van der Waals surface area contributed by atoms with Crippen molar-refractivity contribution in [2.75, 3.05) is 13.7 Å². The summed E-state index contributed by atoms with van der Waals surface area (Å²) in [6.45, 7) is 0.178. The maximum absolute atomic E-state index is 12.5. The second-order valence-electron chi connectivity index (χ2n) is 6.08. The van der Waals surface area contributed by atoms with Crippen LogP contribution >= 0.6 is 11.6 Å². The molecule has 0 saturated heterocycles. The van der Waals surface area contributed by atoms with Gasteiger partial charge in [-0.1, -0.05) is 11.6 Å². The van der Waals surface area contributed by atoms with Crippen LogP contribution in [0.2, 0.25) is 5.02 Å².